The quantitative estimate of drug-likeness (QED) is 0.557. The van der Waals surface area contributed by atoms with Crippen LogP contribution in [0.1, 0.15) is 78.3 Å². The van der Waals surface area contributed by atoms with Crippen LogP contribution in [0.3, 0.4) is 0 Å². The average molecular weight is 306 g/mol. The van der Waals surface area contributed by atoms with Crippen LogP contribution in [0.25, 0.3) is 0 Å². The molecule has 0 aliphatic carbocycles. The van der Waals surface area contributed by atoms with E-state index in [4.69, 9.17) is 4.74 Å². The monoisotopic (exact) mass is 305 g/mol. The average Bonchev–Trinajstić information content (AvgIpc) is 2.48. The highest BCUT2D eigenvalue weighted by atomic mass is 16.5. The highest BCUT2D eigenvalue weighted by molar-refractivity contribution is 5.28. The Hall–Kier alpha value is -1.02. The van der Waals surface area contributed by atoms with Crippen LogP contribution in [0.4, 0.5) is 0 Å². The van der Waals surface area contributed by atoms with E-state index in [0.29, 0.717) is 11.5 Å². The van der Waals surface area contributed by atoms with Gasteiger partial charge in [0.25, 0.3) is 0 Å². The Morgan fingerprint density at radius 3 is 2.23 bits per heavy atom. The predicted octanol–water partition coefficient (Wildman–Crippen LogP) is 5.73. The second-order valence-electron chi connectivity index (χ2n) is 7.49. The molecule has 22 heavy (non-hydrogen) atoms. The molecular formula is C20H35NO. The number of nitrogens with one attached hydrogen (secondary N) is 1. The lowest BCUT2D eigenvalue weighted by Crippen LogP contribution is -2.29. The molecule has 2 nitrogen and oxygen atoms in total. The molecule has 1 aromatic rings. The Balaban J connectivity index is 2.30. The molecule has 0 bridgehead atoms. The summed E-state index contributed by atoms with van der Waals surface area (Å²) in [6.07, 6.45) is 6.40. The summed E-state index contributed by atoms with van der Waals surface area (Å²) in [6.45, 7) is 13.1. The number of benzene rings is 1. The fraction of sp³-hybridized carbons (Fsp3) is 0.700. The van der Waals surface area contributed by atoms with E-state index < -0.39 is 0 Å². The highest BCUT2D eigenvalue weighted by Gasteiger charge is 2.12. The Kier molecular flexibility index (Phi) is 8.55. The van der Waals surface area contributed by atoms with Gasteiger partial charge in [-0.3, -0.25) is 0 Å². The lowest BCUT2D eigenvalue weighted by atomic mass is 9.96. The minimum atomic E-state index is 0.315. The summed E-state index contributed by atoms with van der Waals surface area (Å²) < 4.78 is 5.81. The molecule has 1 aromatic carbocycles. The van der Waals surface area contributed by atoms with E-state index in [-0.39, 0.29) is 0 Å². The highest BCUT2D eigenvalue weighted by Crippen LogP contribution is 2.20. The first-order valence-corrected chi connectivity index (χ1v) is 8.88. The van der Waals surface area contributed by atoms with Crippen molar-refractivity contribution in [3.63, 3.8) is 0 Å². The molecule has 1 rings (SSSR count). The minimum absolute atomic E-state index is 0.315. The number of ether oxygens (including phenoxy) is 1. The molecule has 0 saturated heterocycles. The molecule has 126 valence electrons. The molecule has 0 amide bonds. The van der Waals surface area contributed by atoms with Crippen molar-refractivity contribution in [2.45, 2.75) is 72.8 Å². The normalized spacial score (nSPS) is 13.1. The van der Waals surface area contributed by atoms with Crippen LogP contribution in [0.15, 0.2) is 24.3 Å². The first-order chi connectivity index (χ1) is 10.4. The third-order valence-electron chi connectivity index (χ3n) is 3.84. The number of hydrogen-bond donors (Lipinski definition) is 1. The summed E-state index contributed by atoms with van der Waals surface area (Å²) in [7, 11) is 0. The van der Waals surface area contributed by atoms with Gasteiger partial charge < -0.3 is 10.1 Å². The van der Waals surface area contributed by atoms with Crippen molar-refractivity contribution in [1.29, 1.82) is 0 Å². The summed E-state index contributed by atoms with van der Waals surface area (Å²) in [5.74, 6) is 0.988. The topological polar surface area (TPSA) is 21.3 Å². The fourth-order valence-electron chi connectivity index (χ4n) is 2.33. The molecule has 0 fully saturated rings. The lowest BCUT2D eigenvalue weighted by molar-refractivity contribution is 0.304. The Labute approximate surface area is 137 Å². The largest absolute Gasteiger partial charge is 0.494 e. The fourth-order valence-corrected chi connectivity index (χ4v) is 2.33. The van der Waals surface area contributed by atoms with Crippen molar-refractivity contribution in [2.24, 2.45) is 5.41 Å². The van der Waals surface area contributed by atoms with Gasteiger partial charge in [0.15, 0.2) is 0 Å². The first kappa shape index (κ1) is 19.0. The van der Waals surface area contributed by atoms with Gasteiger partial charge in [0, 0.05) is 12.6 Å². The standard InChI is InChI=1S/C20H35NO/c1-6-7-8-9-10-15-22-19-13-11-18(12-14-19)17(2)21-16-20(3,4)5/h11-14,17,21H,6-10,15-16H2,1-5H3. The zero-order valence-corrected chi connectivity index (χ0v) is 15.2. The Morgan fingerprint density at radius 1 is 1.00 bits per heavy atom. The van der Waals surface area contributed by atoms with Gasteiger partial charge in [-0.05, 0) is 36.5 Å². The Morgan fingerprint density at radius 2 is 1.64 bits per heavy atom. The van der Waals surface area contributed by atoms with Crippen LogP contribution in [0.2, 0.25) is 0 Å². The van der Waals surface area contributed by atoms with E-state index in [2.05, 4.69) is 64.2 Å². The first-order valence-electron chi connectivity index (χ1n) is 8.88. The summed E-state index contributed by atoms with van der Waals surface area (Å²) in [5.41, 5.74) is 1.63. The van der Waals surface area contributed by atoms with Gasteiger partial charge in [0.2, 0.25) is 0 Å². The van der Waals surface area contributed by atoms with Crippen LogP contribution in [0, 0.1) is 5.41 Å². The van der Waals surface area contributed by atoms with Crippen LogP contribution in [-0.4, -0.2) is 13.2 Å². The maximum absolute atomic E-state index is 5.81. The molecule has 1 unspecified atom stereocenters. The van der Waals surface area contributed by atoms with E-state index in [1.165, 1.54) is 31.2 Å². The number of hydrogen-bond acceptors (Lipinski definition) is 2. The molecule has 0 spiro atoms. The molecule has 0 saturated carbocycles. The predicted molar refractivity (Wildman–Crippen MR) is 96.6 cm³/mol. The molecule has 1 N–H and O–H groups in total. The molecule has 0 aliphatic heterocycles. The van der Waals surface area contributed by atoms with Gasteiger partial charge in [0.05, 0.1) is 6.61 Å². The lowest BCUT2D eigenvalue weighted by Gasteiger charge is -2.23. The van der Waals surface area contributed by atoms with Gasteiger partial charge in [0.1, 0.15) is 5.75 Å². The van der Waals surface area contributed by atoms with E-state index in [1.54, 1.807) is 0 Å². The van der Waals surface area contributed by atoms with E-state index in [1.807, 2.05) is 0 Å². The zero-order chi connectivity index (χ0) is 16.4. The third-order valence-corrected chi connectivity index (χ3v) is 3.84. The maximum atomic E-state index is 5.81. The van der Waals surface area contributed by atoms with Gasteiger partial charge in [-0.25, -0.2) is 0 Å². The molecular weight excluding hydrogens is 270 g/mol. The van der Waals surface area contributed by atoms with Gasteiger partial charge in [-0.15, -0.1) is 0 Å². The minimum Gasteiger partial charge on any atom is -0.494 e. The summed E-state index contributed by atoms with van der Waals surface area (Å²) in [6, 6.07) is 8.91. The smallest absolute Gasteiger partial charge is 0.119 e. The van der Waals surface area contributed by atoms with Crippen LogP contribution >= 0.6 is 0 Å². The summed E-state index contributed by atoms with van der Waals surface area (Å²) in [5, 5.41) is 3.59. The van der Waals surface area contributed by atoms with Crippen molar-refractivity contribution >= 4 is 0 Å². The van der Waals surface area contributed by atoms with Crippen molar-refractivity contribution in [3.05, 3.63) is 29.8 Å². The van der Waals surface area contributed by atoms with Crippen LogP contribution in [0.5, 0.6) is 5.75 Å². The van der Waals surface area contributed by atoms with Gasteiger partial charge >= 0.3 is 0 Å². The molecule has 0 aromatic heterocycles. The third kappa shape index (κ3) is 8.43. The van der Waals surface area contributed by atoms with Gasteiger partial charge in [-0.2, -0.15) is 0 Å². The van der Waals surface area contributed by atoms with Crippen molar-refractivity contribution < 1.29 is 4.74 Å². The van der Waals surface area contributed by atoms with E-state index >= 15 is 0 Å². The zero-order valence-electron chi connectivity index (χ0n) is 15.2. The number of rotatable bonds is 10. The molecule has 2 heteroatoms. The van der Waals surface area contributed by atoms with Crippen LogP contribution < -0.4 is 10.1 Å². The summed E-state index contributed by atoms with van der Waals surface area (Å²) >= 11 is 0. The second-order valence-corrected chi connectivity index (χ2v) is 7.49. The van der Waals surface area contributed by atoms with Crippen molar-refractivity contribution in [2.75, 3.05) is 13.2 Å². The Bertz CT molecular complexity index is 391. The molecule has 0 heterocycles. The van der Waals surface area contributed by atoms with Crippen LogP contribution in [-0.2, 0) is 0 Å². The number of unbranched alkanes of at least 4 members (excludes halogenated alkanes) is 4. The van der Waals surface area contributed by atoms with Crippen molar-refractivity contribution in [3.8, 4) is 5.75 Å². The second kappa shape index (κ2) is 9.89. The molecule has 0 aliphatic rings. The molecule has 0 radical (unpaired) electrons. The molecule has 1 atom stereocenters. The van der Waals surface area contributed by atoms with Gasteiger partial charge in [-0.1, -0.05) is 65.5 Å². The summed E-state index contributed by atoms with van der Waals surface area (Å²) in [4.78, 5) is 0. The van der Waals surface area contributed by atoms with Crippen molar-refractivity contribution in [1.82, 2.24) is 5.32 Å². The van der Waals surface area contributed by atoms with E-state index in [0.717, 1.165) is 25.3 Å². The van der Waals surface area contributed by atoms with E-state index in [9.17, 15) is 0 Å². The SMILES string of the molecule is CCCCCCCOc1ccc(C(C)NCC(C)(C)C)cc1. The maximum Gasteiger partial charge on any atom is 0.119 e.